The second kappa shape index (κ2) is 9.36. The molecule has 2 amide bonds. The molecule has 23 heavy (non-hydrogen) atoms. The van der Waals surface area contributed by atoms with Crippen molar-refractivity contribution in [3.63, 3.8) is 0 Å². The highest BCUT2D eigenvalue weighted by atomic mass is 35.5. The highest BCUT2D eigenvalue weighted by Gasteiger charge is 2.30. The topological polar surface area (TPSA) is 76.4 Å². The van der Waals surface area contributed by atoms with Gasteiger partial charge in [-0.05, 0) is 25.7 Å². The van der Waals surface area contributed by atoms with Crippen LogP contribution >= 0.6 is 24.2 Å². The Hall–Kier alpha value is -0.970. The summed E-state index contributed by atoms with van der Waals surface area (Å²) >= 11 is 1.62. The van der Waals surface area contributed by atoms with E-state index in [-0.39, 0.29) is 42.7 Å². The van der Waals surface area contributed by atoms with Crippen LogP contribution in [0.25, 0.3) is 0 Å². The lowest BCUT2D eigenvalue weighted by Gasteiger charge is -2.30. The number of nitriles is 1. The van der Waals surface area contributed by atoms with Gasteiger partial charge >= 0.3 is 0 Å². The number of rotatable bonds is 4. The van der Waals surface area contributed by atoms with Crippen LogP contribution in [-0.2, 0) is 9.59 Å². The maximum absolute atomic E-state index is 12.2. The first kappa shape index (κ1) is 20.1. The Morgan fingerprint density at radius 3 is 2.52 bits per heavy atom. The minimum atomic E-state index is -0.284. The molecule has 1 saturated carbocycles. The summed E-state index contributed by atoms with van der Waals surface area (Å²) in [6, 6.07) is 2.19. The molecular formula is C15H25ClN4O2S. The van der Waals surface area contributed by atoms with Crippen LogP contribution in [0.15, 0.2) is 0 Å². The molecular weight excluding hydrogens is 336 g/mol. The van der Waals surface area contributed by atoms with E-state index in [0.717, 1.165) is 25.7 Å². The molecule has 1 unspecified atom stereocenters. The van der Waals surface area contributed by atoms with Crippen molar-refractivity contribution in [2.45, 2.75) is 37.8 Å². The molecule has 0 aromatic rings. The second-order valence-corrected chi connectivity index (χ2v) is 7.17. The van der Waals surface area contributed by atoms with Crippen molar-refractivity contribution in [3.05, 3.63) is 0 Å². The fourth-order valence-corrected chi connectivity index (χ4v) is 4.14. The molecule has 0 aromatic carbocycles. The van der Waals surface area contributed by atoms with Gasteiger partial charge in [0.2, 0.25) is 11.8 Å². The molecule has 1 saturated heterocycles. The SMILES string of the molecule is CN(C)C(=O)[C@H]1CC[C@H](NCC(=O)N2CSCC2C#N)CC1.Cl. The van der Waals surface area contributed by atoms with E-state index in [0.29, 0.717) is 17.7 Å². The first-order valence-corrected chi connectivity index (χ1v) is 8.89. The van der Waals surface area contributed by atoms with Crippen LogP contribution in [0.3, 0.4) is 0 Å². The Labute approximate surface area is 148 Å². The summed E-state index contributed by atoms with van der Waals surface area (Å²) in [6.45, 7) is 0.287. The number of carbonyl (C=O) groups excluding carboxylic acids is 2. The lowest BCUT2D eigenvalue weighted by Crippen LogP contribution is -2.45. The Morgan fingerprint density at radius 2 is 1.96 bits per heavy atom. The Morgan fingerprint density at radius 1 is 1.30 bits per heavy atom. The largest absolute Gasteiger partial charge is 0.349 e. The van der Waals surface area contributed by atoms with Crippen LogP contribution in [0.1, 0.15) is 25.7 Å². The van der Waals surface area contributed by atoms with E-state index in [1.807, 2.05) is 0 Å². The average Bonchev–Trinajstić information content (AvgIpc) is 3.01. The van der Waals surface area contributed by atoms with Gasteiger partial charge in [-0.1, -0.05) is 0 Å². The van der Waals surface area contributed by atoms with E-state index in [9.17, 15) is 9.59 Å². The van der Waals surface area contributed by atoms with Crippen molar-refractivity contribution < 1.29 is 9.59 Å². The van der Waals surface area contributed by atoms with Crippen LogP contribution in [0.5, 0.6) is 0 Å². The Balaban J connectivity index is 0.00000264. The summed E-state index contributed by atoms with van der Waals surface area (Å²) in [7, 11) is 3.59. The number of hydrogen-bond acceptors (Lipinski definition) is 5. The molecule has 0 bridgehead atoms. The van der Waals surface area contributed by atoms with Crippen molar-refractivity contribution in [1.82, 2.24) is 15.1 Å². The van der Waals surface area contributed by atoms with E-state index in [1.54, 1.807) is 35.7 Å². The van der Waals surface area contributed by atoms with Gasteiger partial charge in [0.1, 0.15) is 6.04 Å². The van der Waals surface area contributed by atoms with Crippen LogP contribution in [0.2, 0.25) is 0 Å². The van der Waals surface area contributed by atoms with Crippen LogP contribution < -0.4 is 5.32 Å². The molecule has 1 aliphatic carbocycles. The zero-order valence-electron chi connectivity index (χ0n) is 13.7. The number of amides is 2. The Kier molecular flexibility index (Phi) is 8.17. The molecule has 2 fully saturated rings. The molecule has 1 aliphatic heterocycles. The first-order chi connectivity index (χ1) is 10.5. The summed E-state index contributed by atoms with van der Waals surface area (Å²) in [4.78, 5) is 27.4. The molecule has 0 aromatic heterocycles. The fourth-order valence-electron chi connectivity index (χ4n) is 3.04. The standard InChI is InChI=1S/C15H24N4O2S.ClH/c1-18(2)15(21)11-3-5-12(6-4-11)17-8-14(20)19-10-22-9-13(19)7-16;/h11-13,17H,3-6,8-10H2,1-2H3;1H/t11-,12-,13?;. The summed E-state index contributed by atoms with van der Waals surface area (Å²) in [5, 5.41) is 12.3. The quantitative estimate of drug-likeness (QED) is 0.811. The average molecular weight is 361 g/mol. The van der Waals surface area contributed by atoms with Gasteiger partial charge < -0.3 is 15.1 Å². The van der Waals surface area contributed by atoms with Crippen LogP contribution in [0.4, 0.5) is 0 Å². The third-order valence-corrected chi connectivity index (χ3v) is 5.42. The molecule has 1 atom stereocenters. The van der Waals surface area contributed by atoms with Gasteiger partial charge in [0, 0.05) is 31.8 Å². The van der Waals surface area contributed by atoms with Gasteiger partial charge in [0.25, 0.3) is 0 Å². The van der Waals surface area contributed by atoms with Crippen molar-refractivity contribution in [1.29, 1.82) is 5.26 Å². The zero-order valence-corrected chi connectivity index (χ0v) is 15.3. The number of carbonyl (C=O) groups is 2. The van der Waals surface area contributed by atoms with Crippen LogP contribution in [0, 0.1) is 17.2 Å². The predicted molar refractivity (Wildman–Crippen MR) is 93.3 cm³/mol. The predicted octanol–water partition coefficient (Wildman–Crippen LogP) is 1.07. The molecule has 0 spiro atoms. The molecule has 130 valence electrons. The van der Waals surface area contributed by atoms with E-state index in [1.165, 1.54) is 0 Å². The highest BCUT2D eigenvalue weighted by Crippen LogP contribution is 2.25. The molecule has 0 radical (unpaired) electrons. The third-order valence-electron chi connectivity index (χ3n) is 4.41. The van der Waals surface area contributed by atoms with E-state index in [4.69, 9.17) is 5.26 Å². The molecule has 1 N–H and O–H groups in total. The second-order valence-electron chi connectivity index (χ2n) is 6.17. The normalized spacial score (nSPS) is 27.0. The maximum Gasteiger partial charge on any atom is 0.238 e. The lowest BCUT2D eigenvalue weighted by molar-refractivity contribution is -0.134. The lowest BCUT2D eigenvalue weighted by atomic mass is 9.85. The zero-order chi connectivity index (χ0) is 16.1. The van der Waals surface area contributed by atoms with E-state index < -0.39 is 0 Å². The smallest absolute Gasteiger partial charge is 0.238 e. The highest BCUT2D eigenvalue weighted by molar-refractivity contribution is 7.99. The molecule has 6 nitrogen and oxygen atoms in total. The number of nitrogens with one attached hydrogen (secondary N) is 1. The van der Waals surface area contributed by atoms with Gasteiger partial charge in [0.05, 0.1) is 18.5 Å². The molecule has 8 heteroatoms. The van der Waals surface area contributed by atoms with Crippen molar-refractivity contribution in [3.8, 4) is 6.07 Å². The minimum Gasteiger partial charge on any atom is -0.349 e. The number of hydrogen-bond donors (Lipinski definition) is 1. The van der Waals surface area contributed by atoms with Crippen LogP contribution in [-0.4, -0.2) is 66.0 Å². The van der Waals surface area contributed by atoms with Gasteiger partial charge in [-0.25, -0.2) is 0 Å². The summed E-state index contributed by atoms with van der Waals surface area (Å²) in [5.41, 5.74) is 0. The summed E-state index contributed by atoms with van der Waals surface area (Å²) < 4.78 is 0. The molecule has 2 rings (SSSR count). The van der Waals surface area contributed by atoms with Gasteiger partial charge in [-0.2, -0.15) is 5.26 Å². The monoisotopic (exact) mass is 360 g/mol. The maximum atomic E-state index is 12.2. The number of thioether (sulfide) groups is 1. The first-order valence-electron chi connectivity index (χ1n) is 7.74. The van der Waals surface area contributed by atoms with E-state index >= 15 is 0 Å². The van der Waals surface area contributed by atoms with Gasteiger partial charge in [0.15, 0.2) is 0 Å². The van der Waals surface area contributed by atoms with Crippen molar-refractivity contribution in [2.75, 3.05) is 32.3 Å². The number of nitrogens with zero attached hydrogens (tertiary/aromatic N) is 3. The molecule has 1 heterocycles. The number of halogens is 1. The summed E-state index contributed by atoms with van der Waals surface area (Å²) in [5.74, 6) is 1.66. The third kappa shape index (κ3) is 5.27. The fraction of sp³-hybridized carbons (Fsp3) is 0.800. The molecule has 2 aliphatic rings. The minimum absolute atomic E-state index is 0. The Bertz CT molecular complexity index is 461. The van der Waals surface area contributed by atoms with Gasteiger partial charge in [-0.3, -0.25) is 9.59 Å². The van der Waals surface area contributed by atoms with E-state index in [2.05, 4.69) is 11.4 Å². The van der Waals surface area contributed by atoms with Crippen molar-refractivity contribution >= 4 is 36.0 Å². The summed E-state index contributed by atoms with van der Waals surface area (Å²) in [6.07, 6.45) is 3.61. The van der Waals surface area contributed by atoms with Crippen molar-refractivity contribution in [2.24, 2.45) is 5.92 Å². The van der Waals surface area contributed by atoms with Gasteiger partial charge in [-0.15, -0.1) is 24.2 Å².